The average Bonchev–Trinajstić information content (AvgIpc) is 3.36. The Bertz CT molecular complexity index is 1560. The van der Waals surface area contributed by atoms with Crippen molar-refractivity contribution in [1.82, 2.24) is 29.4 Å². The molecule has 0 aliphatic carbocycles. The molecule has 0 aliphatic rings. The molecular formula is C29H32F4N6O3. The van der Waals surface area contributed by atoms with Crippen molar-refractivity contribution >= 4 is 11.6 Å². The van der Waals surface area contributed by atoms with E-state index in [1.54, 1.807) is 50.1 Å². The molecule has 1 unspecified atom stereocenters. The van der Waals surface area contributed by atoms with Crippen molar-refractivity contribution in [3.8, 4) is 17.1 Å². The van der Waals surface area contributed by atoms with Crippen LogP contribution < -0.4 is 4.74 Å². The van der Waals surface area contributed by atoms with Crippen LogP contribution in [0.4, 0.5) is 17.6 Å². The van der Waals surface area contributed by atoms with E-state index in [0.29, 0.717) is 15.6 Å². The molecule has 1 N–H and O–H groups in total. The first-order valence-corrected chi connectivity index (χ1v) is 13.2. The first-order chi connectivity index (χ1) is 19.9. The van der Waals surface area contributed by atoms with Gasteiger partial charge >= 0.3 is 6.18 Å². The first-order valence-electron chi connectivity index (χ1n) is 13.2. The van der Waals surface area contributed by atoms with Gasteiger partial charge in [-0.25, -0.2) is 18.9 Å². The van der Waals surface area contributed by atoms with Crippen molar-refractivity contribution < 1.29 is 32.2 Å². The molecule has 13 heteroatoms. The van der Waals surface area contributed by atoms with E-state index in [-0.39, 0.29) is 54.1 Å². The van der Waals surface area contributed by atoms with E-state index >= 15 is 0 Å². The second-order valence-electron chi connectivity index (χ2n) is 10.1. The maximum atomic E-state index is 14.4. The molecule has 1 atom stereocenters. The molecule has 0 radical (unpaired) electrons. The normalized spacial score (nSPS) is 12.8. The van der Waals surface area contributed by atoms with E-state index in [4.69, 9.17) is 4.74 Å². The van der Waals surface area contributed by atoms with Crippen LogP contribution in [0.1, 0.15) is 47.1 Å². The number of halogens is 4. The van der Waals surface area contributed by atoms with Gasteiger partial charge in [-0.05, 0) is 40.0 Å². The van der Waals surface area contributed by atoms with Crippen LogP contribution in [0.5, 0.6) is 5.88 Å². The van der Waals surface area contributed by atoms with Crippen molar-refractivity contribution in [1.29, 1.82) is 0 Å². The number of carbonyl (C=O) groups is 1. The molecule has 0 aliphatic heterocycles. The van der Waals surface area contributed by atoms with Crippen LogP contribution in [0.15, 0.2) is 48.8 Å². The Morgan fingerprint density at radius 1 is 1.12 bits per heavy atom. The minimum atomic E-state index is -4.79. The van der Waals surface area contributed by atoms with Gasteiger partial charge in [-0.3, -0.25) is 9.69 Å². The van der Waals surface area contributed by atoms with Crippen LogP contribution in [0.2, 0.25) is 0 Å². The van der Waals surface area contributed by atoms with Crippen molar-refractivity contribution in [2.75, 3.05) is 33.9 Å². The zero-order chi connectivity index (χ0) is 30.8. The third-order valence-electron chi connectivity index (χ3n) is 7.15. The molecule has 0 saturated carbocycles. The predicted octanol–water partition coefficient (Wildman–Crippen LogP) is 4.78. The van der Waals surface area contributed by atoms with E-state index < -0.39 is 29.6 Å². The Labute approximate surface area is 240 Å². The minimum Gasteiger partial charge on any atom is -0.481 e. The Hall–Kier alpha value is -4.10. The van der Waals surface area contributed by atoms with Crippen LogP contribution >= 0.6 is 0 Å². The van der Waals surface area contributed by atoms with Gasteiger partial charge in [0.1, 0.15) is 11.4 Å². The molecule has 3 aromatic heterocycles. The number of aliphatic hydroxyl groups excluding tert-OH is 1. The molecule has 4 aromatic rings. The van der Waals surface area contributed by atoms with Gasteiger partial charge in [0.2, 0.25) is 5.88 Å². The number of amides is 1. The maximum absolute atomic E-state index is 14.4. The molecule has 1 amide bonds. The van der Waals surface area contributed by atoms with Gasteiger partial charge in [-0.2, -0.15) is 18.3 Å². The summed E-state index contributed by atoms with van der Waals surface area (Å²) in [5.74, 6) is -0.746. The molecule has 0 fully saturated rings. The second kappa shape index (κ2) is 12.4. The molecule has 4 rings (SSSR count). The van der Waals surface area contributed by atoms with E-state index in [2.05, 4.69) is 15.1 Å². The van der Waals surface area contributed by atoms with Gasteiger partial charge < -0.3 is 14.7 Å². The highest BCUT2D eigenvalue weighted by molar-refractivity contribution is 6.00. The first kappa shape index (κ1) is 30.8. The number of likely N-dealkylation sites (N-methyl/N-ethyl adjacent to an activating group) is 1. The number of alkyl halides is 3. The summed E-state index contributed by atoms with van der Waals surface area (Å²) in [7, 11) is 3.12. The molecule has 224 valence electrons. The Balaban J connectivity index is 1.71. The van der Waals surface area contributed by atoms with Crippen molar-refractivity contribution in [3.05, 3.63) is 77.0 Å². The zero-order valence-electron chi connectivity index (χ0n) is 23.9. The standard InChI is InChI=1S/C29H32F4N6O3/c1-17(2)38(13-12-37(4)23(16-40)20-8-6-7-9-22(20)30)28(41)21-15-35-39-26(29(31,32)33)18(3)25(36-27(21)39)19-10-11-24(42-5)34-14-19/h6-11,14-15,17,23,40H,12-13,16H2,1-5H3. The van der Waals surface area contributed by atoms with E-state index in [1.165, 1.54) is 37.3 Å². The van der Waals surface area contributed by atoms with Gasteiger partial charge in [0, 0.05) is 48.1 Å². The number of benzene rings is 1. The average molecular weight is 589 g/mol. The molecule has 3 heterocycles. The number of ether oxygens (including phenoxy) is 1. The number of carbonyl (C=O) groups excluding carboxylic acids is 1. The van der Waals surface area contributed by atoms with Crippen LogP contribution in [-0.2, 0) is 6.18 Å². The highest BCUT2D eigenvalue weighted by atomic mass is 19.4. The van der Waals surface area contributed by atoms with E-state index in [1.807, 2.05) is 0 Å². The molecule has 1 aromatic carbocycles. The number of hydrogen-bond acceptors (Lipinski definition) is 7. The number of fused-ring (bicyclic) bond motifs is 1. The number of aliphatic hydroxyl groups is 1. The Morgan fingerprint density at radius 2 is 1.83 bits per heavy atom. The predicted molar refractivity (Wildman–Crippen MR) is 148 cm³/mol. The number of aromatic nitrogens is 4. The highest BCUT2D eigenvalue weighted by Gasteiger charge is 2.39. The largest absolute Gasteiger partial charge is 0.481 e. The molecule has 0 bridgehead atoms. The van der Waals surface area contributed by atoms with Gasteiger partial charge in [-0.1, -0.05) is 18.2 Å². The summed E-state index contributed by atoms with van der Waals surface area (Å²) in [4.78, 5) is 25.6. The fraction of sp³-hybridized carbons (Fsp3) is 0.379. The lowest BCUT2D eigenvalue weighted by Crippen LogP contribution is -2.43. The Morgan fingerprint density at radius 3 is 2.40 bits per heavy atom. The zero-order valence-corrected chi connectivity index (χ0v) is 23.9. The third-order valence-corrected chi connectivity index (χ3v) is 7.15. The lowest BCUT2D eigenvalue weighted by atomic mass is 10.1. The summed E-state index contributed by atoms with van der Waals surface area (Å²) in [5, 5.41) is 13.9. The van der Waals surface area contributed by atoms with E-state index in [0.717, 1.165) is 6.20 Å². The van der Waals surface area contributed by atoms with Gasteiger partial charge in [0.05, 0.1) is 31.6 Å². The smallest absolute Gasteiger partial charge is 0.433 e. The molecule has 9 nitrogen and oxygen atoms in total. The summed E-state index contributed by atoms with van der Waals surface area (Å²) in [6.07, 6.45) is -2.35. The van der Waals surface area contributed by atoms with Crippen LogP contribution in [0.3, 0.4) is 0 Å². The fourth-order valence-electron chi connectivity index (χ4n) is 4.87. The van der Waals surface area contributed by atoms with Crippen LogP contribution in [0.25, 0.3) is 16.9 Å². The lowest BCUT2D eigenvalue weighted by molar-refractivity contribution is -0.143. The number of pyridine rings is 1. The molecule has 0 spiro atoms. The second-order valence-corrected chi connectivity index (χ2v) is 10.1. The van der Waals surface area contributed by atoms with Crippen molar-refractivity contribution in [3.63, 3.8) is 0 Å². The summed E-state index contributed by atoms with van der Waals surface area (Å²) in [6.45, 7) is 4.87. The summed E-state index contributed by atoms with van der Waals surface area (Å²) >= 11 is 0. The quantitative estimate of drug-likeness (QED) is 0.267. The number of methoxy groups -OCH3 is 1. The monoisotopic (exact) mass is 588 g/mol. The maximum Gasteiger partial charge on any atom is 0.433 e. The van der Waals surface area contributed by atoms with Crippen LogP contribution in [-0.4, -0.2) is 80.3 Å². The Kier molecular flexibility index (Phi) is 9.12. The third kappa shape index (κ3) is 6.07. The topological polar surface area (TPSA) is 96.1 Å². The SMILES string of the molecule is COc1ccc(-c2nc3c(C(=O)N(CCN(C)C(CO)c4ccccc4F)C(C)C)cnn3c(C(F)(F)F)c2C)cn1. The molecule has 42 heavy (non-hydrogen) atoms. The highest BCUT2D eigenvalue weighted by Crippen LogP contribution is 2.36. The fourth-order valence-corrected chi connectivity index (χ4v) is 4.87. The summed E-state index contributed by atoms with van der Waals surface area (Å²) in [6, 6.07) is 8.16. The van der Waals surface area contributed by atoms with Gasteiger partial charge in [-0.15, -0.1) is 0 Å². The van der Waals surface area contributed by atoms with E-state index in [9.17, 15) is 27.5 Å². The van der Waals surface area contributed by atoms with Gasteiger partial charge in [0.15, 0.2) is 11.3 Å². The molecule has 0 saturated heterocycles. The number of nitrogens with zero attached hydrogens (tertiary/aromatic N) is 6. The lowest BCUT2D eigenvalue weighted by Gasteiger charge is -2.32. The number of rotatable bonds is 10. The van der Waals surface area contributed by atoms with Crippen LogP contribution in [0, 0.1) is 12.7 Å². The number of hydrogen-bond donors (Lipinski definition) is 1. The van der Waals surface area contributed by atoms with Crippen molar-refractivity contribution in [2.45, 2.75) is 39.0 Å². The summed E-state index contributed by atoms with van der Waals surface area (Å²) < 4.78 is 63.0. The summed E-state index contributed by atoms with van der Waals surface area (Å²) in [5.41, 5.74) is -0.946. The minimum absolute atomic E-state index is 0.00559. The molecular weight excluding hydrogens is 556 g/mol. The van der Waals surface area contributed by atoms with Crippen molar-refractivity contribution in [2.24, 2.45) is 0 Å². The van der Waals surface area contributed by atoms with Gasteiger partial charge in [0.25, 0.3) is 5.91 Å².